The number of oxazole rings is 1. The molecular formula is C19H16N4O4. The fourth-order valence-electron chi connectivity index (χ4n) is 2.99. The Morgan fingerprint density at radius 2 is 2.04 bits per heavy atom. The molecule has 0 atom stereocenters. The van der Waals surface area contributed by atoms with Gasteiger partial charge in [0.1, 0.15) is 0 Å². The van der Waals surface area contributed by atoms with Crippen molar-refractivity contribution < 1.29 is 9.21 Å². The van der Waals surface area contributed by atoms with Gasteiger partial charge in [-0.25, -0.2) is 9.78 Å². The van der Waals surface area contributed by atoms with Gasteiger partial charge in [-0.05, 0) is 36.8 Å². The summed E-state index contributed by atoms with van der Waals surface area (Å²) in [4.78, 5) is 42.5. The zero-order valence-corrected chi connectivity index (χ0v) is 14.3. The Morgan fingerprint density at radius 3 is 2.93 bits per heavy atom. The SMILES string of the molecule is O=C(CCCn1c(=O)oc2ccccc21)Nc1ccc2nc[nH]c(=O)c2c1. The molecule has 0 unspecified atom stereocenters. The molecule has 4 aromatic rings. The van der Waals surface area contributed by atoms with Crippen molar-refractivity contribution in [3.8, 4) is 0 Å². The highest BCUT2D eigenvalue weighted by atomic mass is 16.4. The van der Waals surface area contributed by atoms with E-state index in [0.717, 1.165) is 0 Å². The number of nitrogens with one attached hydrogen (secondary N) is 2. The minimum absolute atomic E-state index is 0.199. The lowest BCUT2D eigenvalue weighted by atomic mass is 10.2. The van der Waals surface area contributed by atoms with Crippen LogP contribution >= 0.6 is 0 Å². The van der Waals surface area contributed by atoms with Crippen molar-refractivity contribution in [2.45, 2.75) is 19.4 Å². The van der Waals surface area contributed by atoms with Crippen LogP contribution in [0.3, 0.4) is 0 Å². The highest BCUT2D eigenvalue weighted by molar-refractivity contribution is 5.93. The first kappa shape index (κ1) is 16.8. The molecule has 8 heteroatoms. The van der Waals surface area contributed by atoms with E-state index >= 15 is 0 Å². The topological polar surface area (TPSA) is 110 Å². The summed E-state index contributed by atoms with van der Waals surface area (Å²) >= 11 is 0. The number of rotatable bonds is 5. The molecule has 0 aliphatic carbocycles. The Bertz CT molecular complexity index is 1250. The number of benzene rings is 2. The van der Waals surface area contributed by atoms with Crippen molar-refractivity contribution in [1.29, 1.82) is 0 Å². The van der Waals surface area contributed by atoms with Gasteiger partial charge in [0, 0.05) is 18.7 Å². The molecule has 136 valence electrons. The third-order valence-corrected chi connectivity index (χ3v) is 4.28. The second-order valence-corrected chi connectivity index (χ2v) is 6.10. The lowest BCUT2D eigenvalue weighted by Gasteiger charge is -2.06. The van der Waals surface area contributed by atoms with Gasteiger partial charge < -0.3 is 14.7 Å². The molecule has 0 spiro atoms. The van der Waals surface area contributed by atoms with Crippen LogP contribution in [-0.4, -0.2) is 20.4 Å². The Hall–Kier alpha value is -3.68. The van der Waals surface area contributed by atoms with Crippen LogP contribution in [0.25, 0.3) is 22.0 Å². The Morgan fingerprint density at radius 1 is 1.19 bits per heavy atom. The predicted molar refractivity (Wildman–Crippen MR) is 101 cm³/mol. The van der Waals surface area contributed by atoms with E-state index in [-0.39, 0.29) is 17.9 Å². The monoisotopic (exact) mass is 364 g/mol. The fourth-order valence-corrected chi connectivity index (χ4v) is 2.99. The maximum atomic E-state index is 12.2. The number of H-pyrrole nitrogens is 1. The van der Waals surface area contributed by atoms with E-state index in [2.05, 4.69) is 15.3 Å². The Kier molecular flexibility index (Phi) is 4.29. The molecule has 0 saturated heterocycles. The molecule has 2 heterocycles. The molecule has 4 rings (SSSR count). The van der Waals surface area contributed by atoms with Crippen LogP contribution in [0.5, 0.6) is 0 Å². The van der Waals surface area contributed by atoms with E-state index in [1.54, 1.807) is 36.4 Å². The number of anilines is 1. The van der Waals surface area contributed by atoms with Crippen LogP contribution < -0.4 is 16.6 Å². The molecule has 0 bridgehead atoms. The average molecular weight is 364 g/mol. The number of aromatic nitrogens is 3. The van der Waals surface area contributed by atoms with Gasteiger partial charge in [-0.1, -0.05) is 12.1 Å². The average Bonchev–Trinajstić information content (AvgIpc) is 2.98. The van der Waals surface area contributed by atoms with Crippen molar-refractivity contribution in [2.24, 2.45) is 0 Å². The van der Waals surface area contributed by atoms with Crippen molar-refractivity contribution in [1.82, 2.24) is 14.5 Å². The van der Waals surface area contributed by atoms with Gasteiger partial charge in [0.05, 0.1) is 22.7 Å². The zero-order valence-electron chi connectivity index (χ0n) is 14.3. The second-order valence-electron chi connectivity index (χ2n) is 6.10. The maximum absolute atomic E-state index is 12.2. The van der Waals surface area contributed by atoms with Crippen LogP contribution in [0, 0.1) is 0 Å². The highest BCUT2D eigenvalue weighted by Gasteiger charge is 2.10. The number of fused-ring (bicyclic) bond motifs is 2. The molecule has 2 aromatic carbocycles. The van der Waals surface area contributed by atoms with E-state index in [0.29, 0.717) is 40.7 Å². The standard InChI is InChI=1S/C19H16N4O4/c24-17(22-12-7-8-14-13(10-12)18(25)21-11-20-14)6-3-9-23-15-4-1-2-5-16(15)27-19(23)26/h1-2,4-5,7-8,10-11H,3,6,9H2,(H,22,24)(H,20,21,25). The predicted octanol–water partition coefficient (Wildman–Crippen LogP) is 2.25. The molecule has 2 N–H and O–H groups in total. The smallest absolute Gasteiger partial charge is 0.408 e. The molecule has 0 saturated carbocycles. The lowest BCUT2D eigenvalue weighted by molar-refractivity contribution is -0.116. The zero-order chi connectivity index (χ0) is 18.8. The highest BCUT2D eigenvalue weighted by Crippen LogP contribution is 2.15. The minimum Gasteiger partial charge on any atom is -0.408 e. The first-order valence-corrected chi connectivity index (χ1v) is 8.47. The van der Waals surface area contributed by atoms with Gasteiger partial charge in [-0.2, -0.15) is 0 Å². The Labute approximate surface area is 152 Å². The van der Waals surface area contributed by atoms with Crippen molar-refractivity contribution >= 4 is 33.6 Å². The molecule has 1 amide bonds. The van der Waals surface area contributed by atoms with Gasteiger partial charge in [0.2, 0.25) is 5.91 Å². The number of para-hydroxylation sites is 2. The molecule has 0 fully saturated rings. The van der Waals surface area contributed by atoms with E-state index in [1.807, 2.05) is 6.07 Å². The summed E-state index contributed by atoms with van der Waals surface area (Å²) in [6.45, 7) is 0.380. The summed E-state index contributed by atoms with van der Waals surface area (Å²) in [5, 5.41) is 3.17. The van der Waals surface area contributed by atoms with Crippen LogP contribution in [0.1, 0.15) is 12.8 Å². The third-order valence-electron chi connectivity index (χ3n) is 4.28. The summed E-state index contributed by atoms with van der Waals surface area (Å²) in [5.41, 5.74) is 2.06. The molecular weight excluding hydrogens is 348 g/mol. The van der Waals surface area contributed by atoms with Crippen LogP contribution in [0.4, 0.5) is 5.69 Å². The largest absolute Gasteiger partial charge is 0.419 e. The lowest BCUT2D eigenvalue weighted by Crippen LogP contribution is -2.17. The van der Waals surface area contributed by atoms with Gasteiger partial charge >= 0.3 is 5.76 Å². The second kappa shape index (κ2) is 6.91. The number of nitrogens with zero attached hydrogens (tertiary/aromatic N) is 2. The number of amides is 1. The number of hydrogen-bond acceptors (Lipinski definition) is 5. The van der Waals surface area contributed by atoms with Gasteiger partial charge in [0.15, 0.2) is 5.58 Å². The summed E-state index contributed by atoms with van der Waals surface area (Å²) in [6, 6.07) is 12.1. The van der Waals surface area contributed by atoms with Crippen molar-refractivity contribution in [3.05, 3.63) is 69.7 Å². The summed E-state index contributed by atoms with van der Waals surface area (Å²) in [5.74, 6) is -0.631. The number of aromatic amines is 1. The molecule has 2 aromatic heterocycles. The summed E-state index contributed by atoms with van der Waals surface area (Å²) in [6.07, 6.45) is 2.04. The minimum atomic E-state index is -0.433. The normalized spacial score (nSPS) is 11.1. The number of carbonyl (C=O) groups is 1. The van der Waals surface area contributed by atoms with Crippen molar-refractivity contribution in [2.75, 3.05) is 5.32 Å². The summed E-state index contributed by atoms with van der Waals surface area (Å²) < 4.78 is 6.69. The van der Waals surface area contributed by atoms with Gasteiger partial charge in [0.25, 0.3) is 5.56 Å². The number of carbonyl (C=O) groups excluding carboxylic acids is 1. The van der Waals surface area contributed by atoms with Crippen LogP contribution in [0.2, 0.25) is 0 Å². The van der Waals surface area contributed by atoms with Crippen LogP contribution in [-0.2, 0) is 11.3 Å². The first-order valence-electron chi connectivity index (χ1n) is 8.47. The first-order chi connectivity index (χ1) is 13.1. The van der Waals surface area contributed by atoms with Crippen LogP contribution in [0.15, 0.2) is 62.8 Å². The quantitative estimate of drug-likeness (QED) is 0.564. The Balaban J connectivity index is 1.41. The number of hydrogen-bond donors (Lipinski definition) is 2. The van der Waals surface area contributed by atoms with E-state index in [4.69, 9.17) is 4.42 Å². The molecule has 0 aliphatic rings. The van der Waals surface area contributed by atoms with E-state index in [9.17, 15) is 14.4 Å². The molecule has 27 heavy (non-hydrogen) atoms. The van der Waals surface area contributed by atoms with Gasteiger partial charge in [-0.15, -0.1) is 0 Å². The third kappa shape index (κ3) is 3.37. The molecule has 8 nitrogen and oxygen atoms in total. The van der Waals surface area contributed by atoms with E-state index in [1.165, 1.54) is 10.9 Å². The van der Waals surface area contributed by atoms with E-state index < -0.39 is 5.76 Å². The number of aryl methyl sites for hydroxylation is 1. The molecule has 0 radical (unpaired) electrons. The van der Waals surface area contributed by atoms with Crippen molar-refractivity contribution in [3.63, 3.8) is 0 Å². The molecule has 0 aliphatic heterocycles. The maximum Gasteiger partial charge on any atom is 0.419 e. The van der Waals surface area contributed by atoms with Gasteiger partial charge in [-0.3, -0.25) is 14.2 Å². The fraction of sp³-hybridized carbons (Fsp3) is 0.158. The summed E-state index contributed by atoms with van der Waals surface area (Å²) in [7, 11) is 0.